The van der Waals surface area contributed by atoms with Crippen molar-refractivity contribution in [2.24, 2.45) is 0 Å². The molecule has 3 atom stereocenters. The van der Waals surface area contributed by atoms with Gasteiger partial charge in [-0.1, -0.05) is 37.3 Å². The van der Waals surface area contributed by atoms with Crippen LogP contribution in [-0.2, 0) is 19.1 Å². The minimum Gasteiger partial charge on any atom is -0.468 e. The summed E-state index contributed by atoms with van der Waals surface area (Å²) in [6.45, 7) is 7.44. The van der Waals surface area contributed by atoms with Crippen molar-refractivity contribution in [2.75, 3.05) is 33.3 Å². The van der Waals surface area contributed by atoms with Gasteiger partial charge in [-0.3, -0.25) is 14.5 Å². The Labute approximate surface area is 156 Å². The Morgan fingerprint density at radius 1 is 1.19 bits per heavy atom. The number of carbonyl (C=O) groups is 2. The first kappa shape index (κ1) is 20.4. The highest BCUT2D eigenvalue weighted by atomic mass is 16.5. The van der Waals surface area contributed by atoms with Crippen LogP contribution in [0.4, 0.5) is 0 Å². The number of carbonyl (C=O) groups excluding carboxylic acids is 2. The van der Waals surface area contributed by atoms with Crippen LogP contribution in [0.5, 0.6) is 0 Å². The molecule has 0 aromatic heterocycles. The second kappa shape index (κ2) is 9.69. The first-order chi connectivity index (χ1) is 12.4. The number of rotatable bonds is 7. The number of morpholine rings is 1. The van der Waals surface area contributed by atoms with E-state index in [1.165, 1.54) is 7.11 Å². The summed E-state index contributed by atoms with van der Waals surface area (Å²) in [6.07, 6.45) is 0.838. The molecule has 0 bridgehead atoms. The molecule has 0 radical (unpaired) electrons. The number of ether oxygens (including phenoxy) is 2. The first-order valence-corrected chi connectivity index (χ1v) is 9.23. The second-order valence-electron chi connectivity index (χ2n) is 6.87. The number of amides is 1. The fourth-order valence-electron chi connectivity index (χ4n) is 3.54. The van der Waals surface area contributed by atoms with Gasteiger partial charge in [0.05, 0.1) is 32.4 Å². The zero-order valence-corrected chi connectivity index (χ0v) is 16.2. The maximum Gasteiger partial charge on any atom is 0.319 e. The quantitative estimate of drug-likeness (QED) is 0.696. The number of hydrogen-bond acceptors (Lipinski definition) is 5. The minimum absolute atomic E-state index is 0.0184. The predicted molar refractivity (Wildman–Crippen MR) is 99.7 cm³/mol. The van der Waals surface area contributed by atoms with E-state index < -0.39 is 0 Å². The van der Waals surface area contributed by atoms with Gasteiger partial charge in [0.25, 0.3) is 0 Å². The fraction of sp³-hybridized carbons (Fsp3) is 0.600. The van der Waals surface area contributed by atoms with E-state index in [0.717, 1.165) is 12.0 Å². The Kier molecular flexibility index (Phi) is 7.60. The molecule has 6 heteroatoms. The number of methoxy groups -OCH3 is 1. The summed E-state index contributed by atoms with van der Waals surface area (Å²) in [5, 5.41) is 0. The fourth-order valence-corrected chi connectivity index (χ4v) is 3.54. The van der Waals surface area contributed by atoms with Gasteiger partial charge in [0, 0.05) is 19.1 Å². The van der Waals surface area contributed by atoms with E-state index in [1.54, 1.807) is 0 Å². The van der Waals surface area contributed by atoms with Crippen molar-refractivity contribution < 1.29 is 19.1 Å². The van der Waals surface area contributed by atoms with E-state index in [0.29, 0.717) is 13.1 Å². The Balaban J connectivity index is 2.15. The van der Waals surface area contributed by atoms with Crippen LogP contribution in [0.1, 0.15) is 38.8 Å². The topological polar surface area (TPSA) is 59.1 Å². The molecule has 1 aliphatic rings. The van der Waals surface area contributed by atoms with Crippen LogP contribution in [0.25, 0.3) is 0 Å². The van der Waals surface area contributed by atoms with Gasteiger partial charge in [0.2, 0.25) is 5.91 Å². The smallest absolute Gasteiger partial charge is 0.319 e. The normalized spacial score (nSPS) is 21.5. The summed E-state index contributed by atoms with van der Waals surface area (Å²) in [5.41, 5.74) is 1.09. The Morgan fingerprint density at radius 3 is 2.35 bits per heavy atom. The lowest BCUT2D eigenvalue weighted by Crippen LogP contribution is -2.51. The summed E-state index contributed by atoms with van der Waals surface area (Å²) in [6, 6.07) is 9.95. The maximum absolute atomic E-state index is 12.9. The lowest BCUT2D eigenvalue weighted by Gasteiger charge is -2.37. The van der Waals surface area contributed by atoms with Crippen LogP contribution in [0.15, 0.2) is 30.3 Å². The molecule has 1 heterocycles. The van der Waals surface area contributed by atoms with Crippen LogP contribution in [0.3, 0.4) is 0 Å². The van der Waals surface area contributed by atoms with Crippen molar-refractivity contribution in [2.45, 2.75) is 45.4 Å². The average molecular weight is 362 g/mol. The summed E-state index contributed by atoms with van der Waals surface area (Å²) in [7, 11) is 1.37. The predicted octanol–water partition coefficient (Wildman–Crippen LogP) is 2.25. The number of nitrogens with zero attached hydrogens (tertiary/aromatic N) is 2. The number of benzene rings is 1. The van der Waals surface area contributed by atoms with Gasteiger partial charge >= 0.3 is 5.97 Å². The van der Waals surface area contributed by atoms with Gasteiger partial charge < -0.3 is 14.4 Å². The Hall–Kier alpha value is -1.92. The van der Waals surface area contributed by atoms with E-state index in [4.69, 9.17) is 9.47 Å². The third-order valence-electron chi connectivity index (χ3n) is 4.68. The molecule has 0 spiro atoms. The van der Waals surface area contributed by atoms with Gasteiger partial charge in [-0.15, -0.1) is 0 Å². The third-order valence-corrected chi connectivity index (χ3v) is 4.68. The van der Waals surface area contributed by atoms with Crippen molar-refractivity contribution >= 4 is 11.9 Å². The van der Waals surface area contributed by atoms with Gasteiger partial charge in [-0.2, -0.15) is 0 Å². The lowest BCUT2D eigenvalue weighted by molar-refractivity contribution is -0.148. The zero-order chi connectivity index (χ0) is 19.1. The molecule has 1 aliphatic heterocycles. The van der Waals surface area contributed by atoms with E-state index in [-0.39, 0.29) is 43.2 Å². The zero-order valence-electron chi connectivity index (χ0n) is 16.2. The van der Waals surface area contributed by atoms with E-state index in [9.17, 15) is 9.59 Å². The molecule has 2 rings (SSSR count). The summed E-state index contributed by atoms with van der Waals surface area (Å²) in [5.74, 6) is -0.318. The Morgan fingerprint density at radius 2 is 1.81 bits per heavy atom. The van der Waals surface area contributed by atoms with Crippen LogP contribution in [0, 0.1) is 0 Å². The summed E-state index contributed by atoms with van der Waals surface area (Å²) in [4.78, 5) is 28.6. The van der Waals surface area contributed by atoms with Gasteiger partial charge in [-0.05, 0) is 25.8 Å². The second-order valence-corrected chi connectivity index (χ2v) is 6.87. The molecule has 1 aromatic rings. The molecule has 6 nitrogen and oxygen atoms in total. The molecule has 1 fully saturated rings. The van der Waals surface area contributed by atoms with Crippen molar-refractivity contribution in [3.63, 3.8) is 0 Å². The van der Waals surface area contributed by atoms with Crippen LogP contribution in [0.2, 0.25) is 0 Å². The van der Waals surface area contributed by atoms with Gasteiger partial charge in [-0.25, -0.2) is 0 Å². The van der Waals surface area contributed by atoms with Crippen LogP contribution in [-0.4, -0.2) is 67.2 Å². The molecule has 1 aromatic carbocycles. The monoisotopic (exact) mass is 362 g/mol. The maximum atomic E-state index is 12.9. The van der Waals surface area contributed by atoms with Crippen molar-refractivity contribution in [3.8, 4) is 0 Å². The number of esters is 1. The van der Waals surface area contributed by atoms with Crippen LogP contribution >= 0.6 is 0 Å². The first-order valence-electron chi connectivity index (χ1n) is 9.23. The van der Waals surface area contributed by atoms with E-state index in [2.05, 4.69) is 6.92 Å². The highest BCUT2D eigenvalue weighted by molar-refractivity contribution is 5.79. The molecule has 0 unspecified atom stereocenters. The SMILES string of the molecule is CC[C@@H](c1ccccc1)N(CC(=O)OC)CC(=O)N1C[C@@H](C)O[C@@H](C)C1. The molecule has 1 amide bonds. The van der Waals surface area contributed by atoms with Crippen LogP contribution < -0.4 is 0 Å². The van der Waals surface area contributed by atoms with Gasteiger partial charge in [0.15, 0.2) is 0 Å². The molecular weight excluding hydrogens is 332 g/mol. The molecule has 0 saturated carbocycles. The van der Waals surface area contributed by atoms with E-state index >= 15 is 0 Å². The third kappa shape index (κ3) is 5.54. The van der Waals surface area contributed by atoms with Crippen molar-refractivity contribution in [3.05, 3.63) is 35.9 Å². The largest absolute Gasteiger partial charge is 0.468 e. The van der Waals surface area contributed by atoms with Crippen molar-refractivity contribution in [1.29, 1.82) is 0 Å². The lowest BCUT2D eigenvalue weighted by atomic mass is 10.0. The van der Waals surface area contributed by atoms with E-state index in [1.807, 2.05) is 54.0 Å². The molecule has 0 aliphatic carbocycles. The highest BCUT2D eigenvalue weighted by Crippen LogP contribution is 2.24. The van der Waals surface area contributed by atoms with Gasteiger partial charge in [0.1, 0.15) is 0 Å². The summed E-state index contributed by atoms with van der Waals surface area (Å²) < 4.78 is 10.6. The average Bonchev–Trinajstić information content (AvgIpc) is 2.62. The molecule has 1 saturated heterocycles. The molecule has 144 valence electrons. The molecule has 26 heavy (non-hydrogen) atoms. The molecular formula is C20H30N2O4. The number of hydrogen-bond donors (Lipinski definition) is 0. The minimum atomic E-state index is -0.337. The molecule has 0 N–H and O–H groups in total. The Bertz CT molecular complexity index is 583. The van der Waals surface area contributed by atoms with Crippen molar-refractivity contribution in [1.82, 2.24) is 9.80 Å². The standard InChI is InChI=1S/C20H30N2O4/c1-5-18(17-9-7-6-8-10-17)21(14-20(24)25-4)13-19(23)22-11-15(2)26-16(3)12-22/h6-10,15-16,18H,5,11-14H2,1-4H3/t15-,16+,18-/m0/s1. The highest BCUT2D eigenvalue weighted by Gasteiger charge is 2.30. The summed E-state index contributed by atoms with van der Waals surface area (Å²) >= 11 is 0.